The van der Waals surface area contributed by atoms with Gasteiger partial charge in [0, 0.05) is 18.7 Å². The molecule has 0 saturated carbocycles. The summed E-state index contributed by atoms with van der Waals surface area (Å²) < 4.78 is 5.91. The lowest BCUT2D eigenvalue weighted by Gasteiger charge is -2.29. The number of carbonyl (C=O) groups is 1. The average Bonchev–Trinajstić information content (AvgIpc) is 2.31. The maximum absolute atomic E-state index is 11.8. The number of hydrogen-bond acceptors (Lipinski definition) is 4. The van der Waals surface area contributed by atoms with Crippen molar-refractivity contribution in [3.63, 3.8) is 0 Å². The summed E-state index contributed by atoms with van der Waals surface area (Å²) in [7, 11) is 0. The first-order valence-corrected chi connectivity index (χ1v) is 7.98. The quantitative estimate of drug-likeness (QED) is 0.738. The van der Waals surface area contributed by atoms with E-state index in [1.54, 1.807) is 6.07 Å². The third-order valence-electron chi connectivity index (χ3n) is 2.79. The van der Waals surface area contributed by atoms with Gasteiger partial charge in [0.25, 0.3) is 0 Å². The van der Waals surface area contributed by atoms with E-state index in [9.17, 15) is 9.90 Å². The Morgan fingerprint density at radius 1 is 1.27 bits per heavy atom. The molecule has 3 N–H and O–H groups in total. The summed E-state index contributed by atoms with van der Waals surface area (Å²) in [4.78, 5) is 11.8. The fourth-order valence-electron chi connectivity index (χ4n) is 1.84. The summed E-state index contributed by atoms with van der Waals surface area (Å²) in [5.41, 5.74) is -0.193. The molecule has 5 nitrogen and oxygen atoms in total. The highest BCUT2D eigenvalue weighted by atomic mass is 79.9. The molecule has 0 heterocycles. The summed E-state index contributed by atoms with van der Waals surface area (Å²) in [6.07, 6.45) is -0.440. The highest BCUT2D eigenvalue weighted by molar-refractivity contribution is 9.10. The molecule has 22 heavy (non-hydrogen) atoms. The minimum absolute atomic E-state index is 0.230. The zero-order chi connectivity index (χ0) is 17.0. The third-order valence-corrected chi connectivity index (χ3v) is 3.43. The number of ether oxygens (including phenoxy) is 1. The number of benzene rings is 1. The molecule has 0 unspecified atom stereocenters. The highest BCUT2D eigenvalue weighted by Crippen LogP contribution is 2.27. The molecule has 124 valence electrons. The van der Waals surface area contributed by atoms with Gasteiger partial charge in [0.15, 0.2) is 0 Å². The Balaban J connectivity index is 2.49. The Kier molecular flexibility index (Phi) is 6.26. The fraction of sp³-hybridized carbons (Fsp3) is 0.562. The van der Waals surface area contributed by atoms with Crippen LogP contribution in [0.2, 0.25) is 0 Å². The summed E-state index contributed by atoms with van der Waals surface area (Å²) in [6, 6.07) is 5.50. The molecule has 0 fully saturated rings. The minimum Gasteiger partial charge on any atom is -0.506 e. The van der Waals surface area contributed by atoms with E-state index in [1.807, 2.05) is 46.8 Å². The Morgan fingerprint density at radius 3 is 2.50 bits per heavy atom. The number of halogens is 1. The van der Waals surface area contributed by atoms with Crippen LogP contribution in [0.3, 0.4) is 0 Å². The molecule has 0 atom stereocenters. The van der Waals surface area contributed by atoms with Gasteiger partial charge in [0.05, 0.1) is 10.0 Å². The zero-order valence-corrected chi connectivity index (χ0v) is 15.4. The Labute approximate surface area is 140 Å². The van der Waals surface area contributed by atoms with Gasteiger partial charge in [-0.1, -0.05) is 12.1 Å². The predicted molar refractivity (Wildman–Crippen MR) is 91.0 cm³/mol. The molecule has 0 aliphatic heterocycles. The molecule has 0 saturated heterocycles. The molecule has 1 aromatic carbocycles. The van der Waals surface area contributed by atoms with Crippen LogP contribution < -0.4 is 10.6 Å². The van der Waals surface area contributed by atoms with Crippen LogP contribution in [0.15, 0.2) is 22.7 Å². The Bertz CT molecular complexity index is 525. The van der Waals surface area contributed by atoms with Crippen molar-refractivity contribution in [2.45, 2.75) is 52.3 Å². The van der Waals surface area contributed by atoms with Crippen molar-refractivity contribution < 1.29 is 14.6 Å². The van der Waals surface area contributed by atoms with E-state index in [4.69, 9.17) is 4.74 Å². The predicted octanol–water partition coefficient (Wildman–Crippen LogP) is 3.55. The normalized spacial score (nSPS) is 12.1. The molecule has 0 aliphatic rings. The van der Waals surface area contributed by atoms with Crippen molar-refractivity contribution >= 4 is 22.0 Å². The van der Waals surface area contributed by atoms with Crippen LogP contribution in [0, 0.1) is 0 Å². The van der Waals surface area contributed by atoms with Crippen molar-refractivity contribution in [3.05, 3.63) is 28.2 Å². The van der Waals surface area contributed by atoms with Gasteiger partial charge in [-0.3, -0.25) is 0 Å². The Hall–Kier alpha value is -1.27. The van der Waals surface area contributed by atoms with Gasteiger partial charge in [-0.15, -0.1) is 0 Å². The second-order valence-corrected chi connectivity index (χ2v) is 7.72. The van der Waals surface area contributed by atoms with Crippen LogP contribution in [0.4, 0.5) is 4.79 Å². The van der Waals surface area contributed by atoms with Gasteiger partial charge in [0.1, 0.15) is 11.4 Å². The summed E-state index contributed by atoms with van der Waals surface area (Å²) >= 11 is 3.29. The van der Waals surface area contributed by atoms with Crippen LogP contribution in [0.25, 0.3) is 0 Å². The van der Waals surface area contributed by atoms with Crippen LogP contribution in [-0.2, 0) is 11.3 Å². The maximum atomic E-state index is 11.8. The number of phenols is 1. The number of phenolic OH excluding ortho intramolecular Hbond substituents is 1. The van der Waals surface area contributed by atoms with Gasteiger partial charge in [-0.25, -0.2) is 4.79 Å². The van der Waals surface area contributed by atoms with Crippen LogP contribution in [-0.4, -0.2) is 28.9 Å². The molecule has 0 spiro atoms. The lowest BCUT2D eigenvalue weighted by Crippen LogP contribution is -2.51. The molecule has 1 aromatic rings. The van der Waals surface area contributed by atoms with Gasteiger partial charge in [-0.05, 0) is 56.6 Å². The van der Waals surface area contributed by atoms with Crippen molar-refractivity contribution in [3.8, 4) is 5.75 Å². The lowest BCUT2D eigenvalue weighted by molar-refractivity contribution is 0.0472. The van der Waals surface area contributed by atoms with Crippen molar-refractivity contribution in [1.29, 1.82) is 0 Å². The van der Waals surface area contributed by atoms with Crippen LogP contribution in [0.5, 0.6) is 5.75 Å². The zero-order valence-electron chi connectivity index (χ0n) is 13.8. The molecule has 1 rings (SSSR count). The van der Waals surface area contributed by atoms with Crippen molar-refractivity contribution in [2.75, 3.05) is 6.54 Å². The smallest absolute Gasteiger partial charge is 0.408 e. The van der Waals surface area contributed by atoms with Crippen LogP contribution in [0.1, 0.15) is 40.2 Å². The first kappa shape index (κ1) is 18.8. The van der Waals surface area contributed by atoms with E-state index in [2.05, 4.69) is 26.6 Å². The molecular formula is C16H25BrN2O3. The standard InChI is InChI=1S/C16H25BrN2O3/c1-15(2,3)22-14(21)19-16(4,5)10-18-9-11-7-6-8-12(17)13(11)20/h6-8,18,20H,9-10H2,1-5H3,(H,19,21). The first-order chi connectivity index (χ1) is 10.0. The molecular weight excluding hydrogens is 348 g/mol. The fourth-order valence-corrected chi connectivity index (χ4v) is 2.24. The number of para-hydroxylation sites is 1. The number of carbonyl (C=O) groups excluding carboxylic acids is 1. The van der Waals surface area contributed by atoms with Gasteiger partial charge in [-0.2, -0.15) is 0 Å². The average molecular weight is 373 g/mol. The SMILES string of the molecule is CC(C)(CNCc1cccc(Br)c1O)NC(=O)OC(C)(C)C. The largest absolute Gasteiger partial charge is 0.506 e. The monoisotopic (exact) mass is 372 g/mol. The number of hydrogen-bond donors (Lipinski definition) is 3. The van der Waals surface area contributed by atoms with Crippen molar-refractivity contribution in [1.82, 2.24) is 10.6 Å². The summed E-state index contributed by atoms with van der Waals surface area (Å²) in [5, 5.41) is 16.0. The molecule has 0 bridgehead atoms. The summed E-state index contributed by atoms with van der Waals surface area (Å²) in [5.74, 6) is 0.230. The first-order valence-electron chi connectivity index (χ1n) is 7.18. The van der Waals surface area contributed by atoms with E-state index in [1.165, 1.54) is 0 Å². The second kappa shape index (κ2) is 7.33. The third kappa shape index (κ3) is 6.66. The van der Waals surface area contributed by atoms with E-state index in [-0.39, 0.29) is 5.75 Å². The topological polar surface area (TPSA) is 70.6 Å². The molecule has 0 aliphatic carbocycles. The van der Waals surface area contributed by atoms with E-state index in [0.29, 0.717) is 17.6 Å². The maximum Gasteiger partial charge on any atom is 0.408 e. The van der Waals surface area contributed by atoms with Crippen molar-refractivity contribution in [2.24, 2.45) is 0 Å². The van der Waals surface area contributed by atoms with E-state index >= 15 is 0 Å². The number of nitrogens with one attached hydrogen (secondary N) is 2. The number of aromatic hydroxyl groups is 1. The number of amides is 1. The van der Waals surface area contributed by atoms with Crippen LogP contribution >= 0.6 is 15.9 Å². The lowest BCUT2D eigenvalue weighted by atomic mass is 10.1. The molecule has 0 radical (unpaired) electrons. The summed E-state index contributed by atoms with van der Waals surface area (Å²) in [6.45, 7) is 10.3. The molecule has 0 aromatic heterocycles. The number of rotatable bonds is 5. The highest BCUT2D eigenvalue weighted by Gasteiger charge is 2.24. The molecule has 6 heteroatoms. The minimum atomic E-state index is -0.518. The number of alkyl carbamates (subject to hydrolysis) is 1. The van der Waals surface area contributed by atoms with E-state index < -0.39 is 17.2 Å². The van der Waals surface area contributed by atoms with Gasteiger partial charge < -0.3 is 20.5 Å². The second-order valence-electron chi connectivity index (χ2n) is 6.86. The molecule has 1 amide bonds. The van der Waals surface area contributed by atoms with Gasteiger partial charge in [0.2, 0.25) is 0 Å². The Morgan fingerprint density at radius 2 is 1.91 bits per heavy atom. The van der Waals surface area contributed by atoms with E-state index in [0.717, 1.165) is 5.56 Å². The van der Waals surface area contributed by atoms with Gasteiger partial charge >= 0.3 is 6.09 Å².